The fourth-order valence-corrected chi connectivity index (χ4v) is 2.94. The number of carbonyl (C=O) groups is 1. The van der Waals surface area contributed by atoms with Crippen LogP contribution in [0.15, 0.2) is 24.3 Å². The van der Waals surface area contributed by atoms with Crippen molar-refractivity contribution in [2.45, 2.75) is 24.7 Å². The zero-order valence-corrected chi connectivity index (χ0v) is 12.3. The number of rotatable bonds is 3. The lowest BCUT2D eigenvalue weighted by Crippen LogP contribution is -2.43. The van der Waals surface area contributed by atoms with Crippen LogP contribution < -0.4 is 5.32 Å². The maximum absolute atomic E-state index is 11.9. The van der Waals surface area contributed by atoms with Crippen molar-refractivity contribution in [3.05, 3.63) is 34.9 Å². The third-order valence-corrected chi connectivity index (χ3v) is 4.43. The van der Waals surface area contributed by atoms with Gasteiger partial charge in [-0.15, -0.1) is 0 Å². The molecular weight excluding hydrogens is 260 g/mol. The highest BCUT2D eigenvalue weighted by Crippen LogP contribution is 2.38. The third kappa shape index (κ3) is 3.28. The van der Waals surface area contributed by atoms with E-state index in [9.17, 15) is 4.79 Å². The SMILES string of the molecule is CNC(=O)CC1(c2ccc(Cl)cc2)CCN(C)CC1. The molecule has 0 unspecified atom stereocenters. The van der Waals surface area contributed by atoms with E-state index in [1.165, 1.54) is 5.56 Å². The highest BCUT2D eigenvalue weighted by atomic mass is 35.5. The van der Waals surface area contributed by atoms with Crippen LogP contribution >= 0.6 is 11.6 Å². The van der Waals surface area contributed by atoms with E-state index in [4.69, 9.17) is 11.6 Å². The molecule has 1 aromatic carbocycles. The Balaban J connectivity index is 2.28. The van der Waals surface area contributed by atoms with Crippen LogP contribution in [0, 0.1) is 0 Å². The van der Waals surface area contributed by atoms with Gasteiger partial charge in [0.15, 0.2) is 0 Å². The highest BCUT2D eigenvalue weighted by molar-refractivity contribution is 6.30. The van der Waals surface area contributed by atoms with Gasteiger partial charge in [0, 0.05) is 23.9 Å². The van der Waals surface area contributed by atoms with Crippen LogP contribution in [0.5, 0.6) is 0 Å². The van der Waals surface area contributed by atoms with Gasteiger partial charge in [-0.3, -0.25) is 4.79 Å². The standard InChI is InChI=1S/C15H21ClN2O/c1-17-14(19)11-15(7-9-18(2)10-8-15)12-3-5-13(16)6-4-12/h3-6H,7-11H2,1-2H3,(H,17,19). The second-order valence-electron chi connectivity index (χ2n) is 5.44. The lowest BCUT2D eigenvalue weighted by molar-refractivity contribution is -0.122. The second-order valence-corrected chi connectivity index (χ2v) is 5.88. The lowest BCUT2D eigenvalue weighted by Gasteiger charge is -2.40. The molecule has 0 aliphatic carbocycles. The predicted molar refractivity (Wildman–Crippen MR) is 78.5 cm³/mol. The van der Waals surface area contributed by atoms with Crippen LogP contribution in [-0.4, -0.2) is 38.0 Å². The van der Waals surface area contributed by atoms with Gasteiger partial charge in [-0.05, 0) is 50.7 Å². The molecule has 19 heavy (non-hydrogen) atoms. The Morgan fingerprint density at radius 3 is 2.42 bits per heavy atom. The molecule has 1 aliphatic rings. The number of halogens is 1. The summed E-state index contributed by atoms with van der Waals surface area (Å²) < 4.78 is 0. The molecule has 1 fully saturated rings. The number of hydrogen-bond donors (Lipinski definition) is 1. The minimum Gasteiger partial charge on any atom is -0.359 e. The minimum absolute atomic E-state index is 0.0445. The molecule has 4 heteroatoms. The molecule has 0 radical (unpaired) electrons. The number of nitrogens with one attached hydrogen (secondary N) is 1. The smallest absolute Gasteiger partial charge is 0.220 e. The molecule has 104 valence electrons. The van der Waals surface area contributed by atoms with E-state index in [0.717, 1.165) is 31.0 Å². The summed E-state index contributed by atoms with van der Waals surface area (Å²) in [5, 5.41) is 3.49. The average Bonchev–Trinajstić information content (AvgIpc) is 2.42. The number of amides is 1. The van der Waals surface area contributed by atoms with Crippen molar-refractivity contribution in [2.75, 3.05) is 27.2 Å². The molecule has 1 N–H and O–H groups in total. The Morgan fingerprint density at radius 1 is 1.32 bits per heavy atom. The van der Waals surface area contributed by atoms with Crippen molar-refractivity contribution >= 4 is 17.5 Å². The summed E-state index contributed by atoms with van der Waals surface area (Å²) in [6, 6.07) is 7.97. The monoisotopic (exact) mass is 280 g/mol. The molecule has 2 rings (SSSR count). The van der Waals surface area contributed by atoms with Crippen LogP contribution in [-0.2, 0) is 10.2 Å². The van der Waals surface area contributed by atoms with Crippen molar-refractivity contribution in [3.63, 3.8) is 0 Å². The number of piperidine rings is 1. The van der Waals surface area contributed by atoms with Gasteiger partial charge in [-0.1, -0.05) is 23.7 Å². The molecule has 3 nitrogen and oxygen atoms in total. The maximum atomic E-state index is 11.9. The molecule has 1 aromatic rings. The minimum atomic E-state index is -0.0445. The summed E-state index contributed by atoms with van der Waals surface area (Å²) in [6.07, 6.45) is 2.58. The van der Waals surface area contributed by atoms with E-state index >= 15 is 0 Å². The molecule has 1 heterocycles. The first-order valence-corrected chi connectivity index (χ1v) is 7.09. The van der Waals surface area contributed by atoms with Crippen LogP contribution in [0.1, 0.15) is 24.8 Å². The largest absolute Gasteiger partial charge is 0.359 e. The van der Waals surface area contributed by atoms with Gasteiger partial charge in [0.25, 0.3) is 0 Å². The fourth-order valence-electron chi connectivity index (χ4n) is 2.81. The highest BCUT2D eigenvalue weighted by Gasteiger charge is 2.37. The molecule has 0 saturated carbocycles. The first kappa shape index (κ1) is 14.4. The van der Waals surface area contributed by atoms with E-state index in [2.05, 4.69) is 29.4 Å². The van der Waals surface area contributed by atoms with Crippen molar-refractivity contribution in [3.8, 4) is 0 Å². The number of benzene rings is 1. The van der Waals surface area contributed by atoms with Crippen molar-refractivity contribution in [2.24, 2.45) is 0 Å². The summed E-state index contributed by atoms with van der Waals surface area (Å²) in [5.74, 6) is 0.111. The molecule has 0 atom stereocenters. The summed E-state index contributed by atoms with van der Waals surface area (Å²) in [7, 11) is 3.83. The molecule has 1 saturated heterocycles. The van der Waals surface area contributed by atoms with Crippen molar-refractivity contribution < 1.29 is 4.79 Å². The Morgan fingerprint density at radius 2 is 1.89 bits per heavy atom. The summed E-state index contributed by atoms with van der Waals surface area (Å²) >= 11 is 5.96. The number of likely N-dealkylation sites (tertiary alicyclic amines) is 1. The van der Waals surface area contributed by atoms with Crippen LogP contribution in [0.4, 0.5) is 0 Å². The normalized spacial score (nSPS) is 19.1. The van der Waals surface area contributed by atoms with E-state index in [1.54, 1.807) is 7.05 Å². The van der Waals surface area contributed by atoms with Gasteiger partial charge in [0.2, 0.25) is 5.91 Å². The summed E-state index contributed by atoms with van der Waals surface area (Å²) in [5.41, 5.74) is 1.19. The van der Waals surface area contributed by atoms with Crippen LogP contribution in [0.25, 0.3) is 0 Å². The van der Waals surface area contributed by atoms with E-state index < -0.39 is 0 Å². The molecule has 0 spiro atoms. The Labute approximate surface area is 119 Å². The second kappa shape index (κ2) is 5.93. The van der Waals surface area contributed by atoms with Gasteiger partial charge >= 0.3 is 0 Å². The van der Waals surface area contributed by atoms with Crippen LogP contribution in [0.2, 0.25) is 5.02 Å². The fraction of sp³-hybridized carbons (Fsp3) is 0.533. The first-order chi connectivity index (χ1) is 9.05. The van der Waals surface area contributed by atoms with Gasteiger partial charge in [0.05, 0.1) is 0 Å². The average molecular weight is 281 g/mol. The van der Waals surface area contributed by atoms with Crippen molar-refractivity contribution in [1.82, 2.24) is 10.2 Å². The Bertz CT molecular complexity index is 436. The first-order valence-electron chi connectivity index (χ1n) is 6.71. The quantitative estimate of drug-likeness (QED) is 0.922. The summed E-state index contributed by atoms with van der Waals surface area (Å²) in [6.45, 7) is 2.05. The molecule has 1 aliphatic heterocycles. The zero-order valence-electron chi connectivity index (χ0n) is 11.6. The zero-order chi connectivity index (χ0) is 13.9. The molecule has 0 aromatic heterocycles. The number of hydrogen-bond acceptors (Lipinski definition) is 2. The maximum Gasteiger partial charge on any atom is 0.220 e. The van der Waals surface area contributed by atoms with E-state index in [-0.39, 0.29) is 11.3 Å². The third-order valence-electron chi connectivity index (χ3n) is 4.18. The number of carbonyl (C=O) groups excluding carboxylic acids is 1. The molecule has 1 amide bonds. The summed E-state index contributed by atoms with van der Waals surface area (Å²) in [4.78, 5) is 14.2. The van der Waals surface area contributed by atoms with Gasteiger partial charge in [0.1, 0.15) is 0 Å². The molecular formula is C15H21ClN2O. The number of nitrogens with zero attached hydrogens (tertiary/aromatic N) is 1. The van der Waals surface area contributed by atoms with Gasteiger partial charge < -0.3 is 10.2 Å². The van der Waals surface area contributed by atoms with Crippen molar-refractivity contribution in [1.29, 1.82) is 0 Å². The topological polar surface area (TPSA) is 32.3 Å². The molecule has 0 bridgehead atoms. The van der Waals surface area contributed by atoms with E-state index in [0.29, 0.717) is 6.42 Å². The predicted octanol–water partition coefficient (Wildman–Crippen LogP) is 2.44. The van der Waals surface area contributed by atoms with Crippen LogP contribution in [0.3, 0.4) is 0 Å². The van der Waals surface area contributed by atoms with Gasteiger partial charge in [-0.25, -0.2) is 0 Å². The van der Waals surface area contributed by atoms with Gasteiger partial charge in [-0.2, -0.15) is 0 Å². The Kier molecular flexibility index (Phi) is 4.48. The Hall–Kier alpha value is -1.06. The van der Waals surface area contributed by atoms with E-state index in [1.807, 2.05) is 12.1 Å². The lowest BCUT2D eigenvalue weighted by atomic mass is 9.70.